The minimum Gasteiger partial charge on any atom is -0.458 e. The van der Waals surface area contributed by atoms with Crippen molar-refractivity contribution in [3.05, 3.63) is 258 Å². The Balaban J connectivity index is 1.01. The molecule has 0 aliphatic heterocycles. The SMILES string of the molecule is Cc1cc(C)cc(N(c2cc3c4cc(N(c5cc(C)cc(C)c5)c5cccc6c5oc5c(-c7ccccc7)cccc56)c5ccccc5c4oc3c3ccccc23)c2cccc3c4c(oc23)C(c2ccccc2)C(C)C=C4)c1. The number of rotatable bonds is 8. The van der Waals surface area contributed by atoms with Gasteiger partial charge in [-0.05, 0) is 116 Å². The quantitative estimate of drug-likeness (QED) is 0.152. The van der Waals surface area contributed by atoms with Crippen molar-refractivity contribution in [1.82, 2.24) is 0 Å². The molecular formula is C73H54N2O3. The van der Waals surface area contributed by atoms with Gasteiger partial charge in [0.05, 0.1) is 22.7 Å². The maximum absolute atomic E-state index is 7.34. The van der Waals surface area contributed by atoms with Gasteiger partial charge in [0, 0.05) is 76.9 Å². The van der Waals surface area contributed by atoms with Crippen LogP contribution in [0.25, 0.3) is 93.6 Å². The van der Waals surface area contributed by atoms with E-state index >= 15 is 0 Å². The summed E-state index contributed by atoms with van der Waals surface area (Å²) in [6, 6.07) is 76.8. The third kappa shape index (κ3) is 7.15. The average molecular weight is 1010 g/mol. The molecule has 0 saturated heterocycles. The van der Waals surface area contributed by atoms with Crippen LogP contribution in [0.3, 0.4) is 0 Å². The van der Waals surface area contributed by atoms with E-state index in [1.54, 1.807) is 0 Å². The van der Waals surface area contributed by atoms with Crippen molar-refractivity contribution in [2.24, 2.45) is 5.92 Å². The second-order valence-electron chi connectivity index (χ2n) is 21.5. The smallest absolute Gasteiger partial charge is 0.159 e. The normalized spacial score (nSPS) is 14.4. The van der Waals surface area contributed by atoms with E-state index < -0.39 is 0 Å². The summed E-state index contributed by atoms with van der Waals surface area (Å²) in [6.45, 7) is 11.0. The summed E-state index contributed by atoms with van der Waals surface area (Å²) in [5.74, 6) is 1.34. The van der Waals surface area contributed by atoms with Crippen molar-refractivity contribution >= 4 is 117 Å². The molecule has 0 fully saturated rings. The lowest BCUT2D eigenvalue weighted by Crippen LogP contribution is -2.12. The fourth-order valence-corrected chi connectivity index (χ4v) is 13.0. The molecule has 2 unspecified atom stereocenters. The Morgan fingerprint density at radius 1 is 0.346 bits per heavy atom. The highest BCUT2D eigenvalue weighted by Gasteiger charge is 2.33. The van der Waals surface area contributed by atoms with Crippen molar-refractivity contribution in [1.29, 1.82) is 0 Å². The van der Waals surface area contributed by atoms with Crippen LogP contribution in [-0.4, -0.2) is 0 Å². The predicted octanol–water partition coefficient (Wildman–Crippen LogP) is 21.2. The van der Waals surface area contributed by atoms with Crippen LogP contribution in [0, 0.1) is 33.6 Å². The van der Waals surface area contributed by atoms with Crippen LogP contribution in [0.2, 0.25) is 0 Å². The first kappa shape index (κ1) is 45.8. The molecule has 11 aromatic carbocycles. The molecule has 2 atom stereocenters. The summed E-state index contributed by atoms with van der Waals surface area (Å²) in [4.78, 5) is 4.84. The van der Waals surface area contributed by atoms with Crippen LogP contribution >= 0.6 is 0 Å². The molecule has 0 N–H and O–H groups in total. The van der Waals surface area contributed by atoms with E-state index in [4.69, 9.17) is 13.3 Å². The summed E-state index contributed by atoms with van der Waals surface area (Å²) >= 11 is 0. The Bertz CT molecular complexity index is 4730. The van der Waals surface area contributed by atoms with E-state index in [0.29, 0.717) is 0 Å². The van der Waals surface area contributed by atoms with Gasteiger partial charge in [0.15, 0.2) is 11.2 Å². The van der Waals surface area contributed by atoms with Crippen molar-refractivity contribution in [2.45, 2.75) is 40.5 Å². The zero-order chi connectivity index (χ0) is 52.3. The van der Waals surface area contributed by atoms with Crippen LogP contribution in [0.5, 0.6) is 0 Å². The number of aryl methyl sites for hydroxylation is 4. The second kappa shape index (κ2) is 17.8. The number of nitrogens with zero attached hydrogens (tertiary/aromatic N) is 2. The number of furan rings is 3. The van der Waals surface area contributed by atoms with Gasteiger partial charge in [0.2, 0.25) is 0 Å². The first-order chi connectivity index (χ1) is 38.2. The number of fused-ring (bicyclic) bond motifs is 13. The molecule has 5 nitrogen and oxygen atoms in total. The highest BCUT2D eigenvalue weighted by Crippen LogP contribution is 2.53. The van der Waals surface area contributed by atoms with Crippen LogP contribution in [-0.2, 0) is 0 Å². The molecule has 1 aliphatic carbocycles. The number of benzene rings is 11. The zero-order valence-corrected chi connectivity index (χ0v) is 44.1. The molecule has 0 bridgehead atoms. The highest BCUT2D eigenvalue weighted by atomic mass is 16.3. The molecular weight excluding hydrogens is 953 g/mol. The molecule has 3 aromatic heterocycles. The van der Waals surface area contributed by atoms with Gasteiger partial charge in [0.25, 0.3) is 0 Å². The van der Waals surface area contributed by atoms with Gasteiger partial charge in [-0.3, -0.25) is 0 Å². The summed E-state index contributed by atoms with van der Waals surface area (Å²) in [7, 11) is 0. The average Bonchev–Trinajstić information content (AvgIpc) is 4.37. The van der Waals surface area contributed by atoms with E-state index in [2.05, 4.69) is 269 Å². The molecule has 0 saturated carbocycles. The lowest BCUT2D eigenvalue weighted by Gasteiger charge is -2.28. The molecule has 14 aromatic rings. The first-order valence-corrected chi connectivity index (χ1v) is 27.1. The third-order valence-electron chi connectivity index (χ3n) is 16.2. The van der Waals surface area contributed by atoms with E-state index in [-0.39, 0.29) is 11.8 Å². The Morgan fingerprint density at radius 2 is 0.782 bits per heavy atom. The van der Waals surface area contributed by atoms with Crippen molar-refractivity contribution in [3.63, 3.8) is 0 Å². The Kier molecular flexibility index (Phi) is 10.4. The van der Waals surface area contributed by atoms with Gasteiger partial charge in [-0.15, -0.1) is 0 Å². The van der Waals surface area contributed by atoms with E-state index in [1.165, 1.54) is 27.8 Å². The van der Waals surface area contributed by atoms with Gasteiger partial charge < -0.3 is 23.1 Å². The molecule has 1 aliphatic rings. The maximum atomic E-state index is 7.34. The molecule has 15 rings (SSSR count). The number of anilines is 6. The Labute approximate surface area is 452 Å². The van der Waals surface area contributed by atoms with Crippen molar-refractivity contribution in [2.75, 3.05) is 9.80 Å². The molecule has 0 radical (unpaired) electrons. The summed E-state index contributed by atoms with van der Waals surface area (Å²) < 4.78 is 21.9. The minimum atomic E-state index is 0.0773. The van der Waals surface area contributed by atoms with Gasteiger partial charge >= 0.3 is 0 Å². The number of para-hydroxylation sites is 3. The second-order valence-corrected chi connectivity index (χ2v) is 21.5. The fourth-order valence-electron chi connectivity index (χ4n) is 13.0. The van der Waals surface area contributed by atoms with Crippen LogP contribution in [0.4, 0.5) is 34.1 Å². The lowest BCUT2D eigenvalue weighted by atomic mass is 9.80. The monoisotopic (exact) mass is 1010 g/mol. The number of hydrogen-bond donors (Lipinski definition) is 0. The van der Waals surface area contributed by atoms with E-state index in [1.807, 2.05) is 0 Å². The standard InChI is InChI=1S/C73H54N2O3/c1-43-35-44(2)38-50(37-43)74(63-31-17-29-58-57-28-16-27-52(68(57)77-71(58)63)48-19-8-6-9-20-48)65-41-61-62-42-66(54-24-13-15-26-56(54)70(62)76-69(61)55-25-14-12-23-53(55)65)75(51-39-45(3)36-46(4)40-51)64-32-18-30-59-60-34-33-47(5)67(73(60)78-72(59)64)49-21-10-7-11-22-49/h6-42,47,67H,1-5H3. The first-order valence-electron chi connectivity index (χ1n) is 27.1. The molecule has 78 heavy (non-hydrogen) atoms. The zero-order valence-electron chi connectivity index (χ0n) is 44.1. The third-order valence-corrected chi connectivity index (χ3v) is 16.2. The van der Waals surface area contributed by atoms with Gasteiger partial charge in [-0.2, -0.15) is 0 Å². The van der Waals surface area contributed by atoms with Gasteiger partial charge in [-0.1, -0.05) is 183 Å². The lowest BCUT2D eigenvalue weighted by molar-refractivity contribution is 0.469. The largest absolute Gasteiger partial charge is 0.458 e. The maximum Gasteiger partial charge on any atom is 0.159 e. The molecule has 0 amide bonds. The molecule has 0 spiro atoms. The summed E-state index contributed by atoms with van der Waals surface area (Å²) in [6.07, 6.45) is 4.61. The van der Waals surface area contributed by atoms with E-state index in [0.717, 1.165) is 133 Å². The molecule has 3 heterocycles. The highest BCUT2D eigenvalue weighted by molar-refractivity contribution is 6.26. The van der Waals surface area contributed by atoms with Crippen LogP contribution in [0.1, 0.15) is 52.0 Å². The summed E-state index contributed by atoms with van der Waals surface area (Å²) in [5.41, 5.74) is 19.6. The van der Waals surface area contributed by atoms with Gasteiger partial charge in [-0.25, -0.2) is 0 Å². The van der Waals surface area contributed by atoms with Gasteiger partial charge in [0.1, 0.15) is 22.5 Å². The number of allylic oxidation sites excluding steroid dienone is 1. The summed E-state index contributed by atoms with van der Waals surface area (Å²) in [5, 5.41) is 9.45. The van der Waals surface area contributed by atoms with Crippen LogP contribution in [0.15, 0.2) is 232 Å². The molecule has 5 heteroatoms. The Hall–Kier alpha value is -9.58. The van der Waals surface area contributed by atoms with Crippen molar-refractivity contribution in [3.8, 4) is 11.1 Å². The van der Waals surface area contributed by atoms with E-state index in [9.17, 15) is 0 Å². The van der Waals surface area contributed by atoms with Crippen molar-refractivity contribution < 1.29 is 13.3 Å². The fraction of sp³-hybridized carbons (Fsp3) is 0.0959. The predicted molar refractivity (Wildman–Crippen MR) is 326 cm³/mol. The van der Waals surface area contributed by atoms with Crippen LogP contribution < -0.4 is 9.80 Å². The Morgan fingerprint density at radius 3 is 1.35 bits per heavy atom. The minimum absolute atomic E-state index is 0.0773. The topological polar surface area (TPSA) is 45.9 Å². The number of hydrogen-bond acceptors (Lipinski definition) is 5. The molecule has 374 valence electrons.